The summed E-state index contributed by atoms with van der Waals surface area (Å²) < 4.78 is 31.7. The first kappa shape index (κ1) is 31.7. The average molecular weight is 587 g/mol. The van der Waals surface area contributed by atoms with Crippen molar-refractivity contribution in [1.29, 1.82) is 0 Å². The SMILES string of the molecule is CC[C@H](C(=O)N[C@@H](C)CC)N(Cc1c(Cl)cccc1Cl)C(=O)CCCN(c1ccccc1OC)S(C)(=O)=O. The van der Waals surface area contributed by atoms with E-state index in [2.05, 4.69) is 5.32 Å². The number of carbonyl (C=O) groups is 2. The van der Waals surface area contributed by atoms with Crippen LogP contribution in [0.25, 0.3) is 0 Å². The number of rotatable bonds is 14. The zero-order chi connectivity index (χ0) is 28.5. The van der Waals surface area contributed by atoms with E-state index in [9.17, 15) is 18.0 Å². The highest BCUT2D eigenvalue weighted by molar-refractivity contribution is 7.92. The Morgan fingerprint density at radius 1 is 1.03 bits per heavy atom. The van der Waals surface area contributed by atoms with E-state index in [-0.39, 0.29) is 43.8 Å². The maximum absolute atomic E-state index is 13.6. The standard InChI is InChI=1S/C27H37Cl2N3O5S/c1-6-19(3)30-27(34)23(7-2)31(18-20-21(28)12-10-13-22(20)29)26(33)16-11-17-32(38(5,35)36)24-14-8-9-15-25(24)37-4/h8-10,12-15,19,23H,6-7,11,16-18H2,1-5H3,(H,30,34)/t19-,23+/m0/s1. The molecule has 2 aromatic carbocycles. The molecule has 0 heterocycles. The molecule has 0 aliphatic heterocycles. The highest BCUT2D eigenvalue weighted by atomic mass is 35.5. The summed E-state index contributed by atoms with van der Waals surface area (Å²) in [5, 5.41) is 3.75. The normalized spacial score (nSPS) is 12.9. The molecule has 2 atom stereocenters. The lowest BCUT2D eigenvalue weighted by molar-refractivity contribution is -0.141. The van der Waals surface area contributed by atoms with Crippen LogP contribution in [0.5, 0.6) is 5.75 Å². The Morgan fingerprint density at radius 2 is 1.66 bits per heavy atom. The fourth-order valence-corrected chi connectivity index (χ4v) is 5.52. The minimum atomic E-state index is -3.65. The van der Waals surface area contributed by atoms with E-state index in [4.69, 9.17) is 27.9 Å². The number of methoxy groups -OCH3 is 1. The molecule has 0 saturated carbocycles. The highest BCUT2D eigenvalue weighted by Gasteiger charge is 2.30. The molecule has 1 N–H and O–H groups in total. The van der Waals surface area contributed by atoms with Gasteiger partial charge in [0.25, 0.3) is 0 Å². The van der Waals surface area contributed by atoms with Gasteiger partial charge >= 0.3 is 0 Å². The highest BCUT2D eigenvalue weighted by Crippen LogP contribution is 2.30. The zero-order valence-corrected chi connectivity index (χ0v) is 24.9. The van der Waals surface area contributed by atoms with Crippen molar-refractivity contribution in [3.8, 4) is 5.75 Å². The lowest BCUT2D eigenvalue weighted by Gasteiger charge is -2.32. The Bertz CT molecular complexity index is 1190. The number of nitrogens with one attached hydrogen (secondary N) is 1. The van der Waals surface area contributed by atoms with Gasteiger partial charge in [-0.1, -0.05) is 55.2 Å². The van der Waals surface area contributed by atoms with Crippen molar-refractivity contribution in [2.24, 2.45) is 0 Å². The summed E-state index contributed by atoms with van der Waals surface area (Å²) in [6, 6.07) is 11.1. The number of para-hydroxylation sites is 2. The summed E-state index contributed by atoms with van der Waals surface area (Å²) >= 11 is 12.8. The molecule has 2 rings (SSSR count). The zero-order valence-electron chi connectivity index (χ0n) is 22.5. The third-order valence-electron chi connectivity index (χ3n) is 6.28. The number of hydrogen-bond donors (Lipinski definition) is 1. The molecule has 2 aromatic rings. The summed E-state index contributed by atoms with van der Waals surface area (Å²) in [6.45, 7) is 5.81. The number of halogens is 2. The third kappa shape index (κ3) is 8.51. The minimum Gasteiger partial charge on any atom is -0.495 e. The molecule has 0 spiro atoms. The average Bonchev–Trinajstić information content (AvgIpc) is 2.87. The van der Waals surface area contributed by atoms with Gasteiger partial charge in [-0.05, 0) is 50.5 Å². The van der Waals surface area contributed by atoms with E-state index in [1.807, 2.05) is 20.8 Å². The molecule has 0 bridgehead atoms. The van der Waals surface area contributed by atoms with Crippen molar-refractivity contribution < 1.29 is 22.7 Å². The summed E-state index contributed by atoms with van der Waals surface area (Å²) in [4.78, 5) is 28.2. The van der Waals surface area contributed by atoms with Gasteiger partial charge in [0.15, 0.2) is 0 Å². The first-order valence-electron chi connectivity index (χ1n) is 12.6. The lowest BCUT2D eigenvalue weighted by Crippen LogP contribution is -2.50. The Kier molecular flexibility index (Phi) is 12.2. The van der Waals surface area contributed by atoms with Gasteiger partial charge < -0.3 is 15.0 Å². The van der Waals surface area contributed by atoms with Gasteiger partial charge in [0.05, 0.1) is 19.1 Å². The third-order valence-corrected chi connectivity index (χ3v) is 8.17. The maximum Gasteiger partial charge on any atom is 0.243 e. The number of benzene rings is 2. The van der Waals surface area contributed by atoms with Gasteiger partial charge in [0.1, 0.15) is 11.8 Å². The number of amides is 2. The summed E-state index contributed by atoms with van der Waals surface area (Å²) in [5.74, 6) is -0.155. The van der Waals surface area contributed by atoms with Crippen LogP contribution >= 0.6 is 23.2 Å². The Labute approximate surface area is 236 Å². The van der Waals surface area contributed by atoms with Gasteiger partial charge in [-0.25, -0.2) is 8.42 Å². The van der Waals surface area contributed by atoms with Gasteiger partial charge in [0, 0.05) is 41.2 Å². The van der Waals surface area contributed by atoms with Crippen molar-refractivity contribution in [2.75, 3.05) is 24.2 Å². The molecule has 0 unspecified atom stereocenters. The van der Waals surface area contributed by atoms with Crippen LogP contribution in [0.3, 0.4) is 0 Å². The number of nitrogens with zero attached hydrogens (tertiary/aromatic N) is 2. The van der Waals surface area contributed by atoms with Gasteiger partial charge in [-0.2, -0.15) is 0 Å². The number of anilines is 1. The van der Waals surface area contributed by atoms with E-state index in [1.165, 1.54) is 16.3 Å². The fourth-order valence-electron chi connectivity index (χ4n) is 4.03. The molecule has 0 aliphatic rings. The molecule has 210 valence electrons. The predicted molar refractivity (Wildman–Crippen MR) is 153 cm³/mol. The molecule has 8 nitrogen and oxygen atoms in total. The molecular weight excluding hydrogens is 549 g/mol. The van der Waals surface area contributed by atoms with Crippen LogP contribution in [0, 0.1) is 0 Å². The van der Waals surface area contributed by atoms with Crippen LogP contribution in [-0.4, -0.2) is 57.1 Å². The van der Waals surface area contributed by atoms with Crippen LogP contribution in [-0.2, 0) is 26.2 Å². The second kappa shape index (κ2) is 14.6. The topological polar surface area (TPSA) is 96.0 Å². The largest absolute Gasteiger partial charge is 0.495 e. The number of hydrogen-bond acceptors (Lipinski definition) is 5. The molecular formula is C27H37Cl2N3O5S. The first-order chi connectivity index (χ1) is 17.9. The molecule has 38 heavy (non-hydrogen) atoms. The quantitative estimate of drug-likeness (QED) is 0.326. The van der Waals surface area contributed by atoms with E-state index in [1.54, 1.807) is 42.5 Å². The number of carbonyl (C=O) groups excluding carboxylic acids is 2. The summed E-state index contributed by atoms with van der Waals surface area (Å²) in [7, 11) is -2.18. The first-order valence-corrected chi connectivity index (χ1v) is 15.2. The molecule has 2 amide bonds. The van der Waals surface area contributed by atoms with Crippen LogP contribution in [0.4, 0.5) is 5.69 Å². The Morgan fingerprint density at radius 3 is 2.21 bits per heavy atom. The fraction of sp³-hybridized carbons (Fsp3) is 0.481. The molecule has 11 heteroatoms. The number of sulfonamides is 1. The van der Waals surface area contributed by atoms with Crippen molar-refractivity contribution >= 4 is 50.7 Å². The lowest BCUT2D eigenvalue weighted by atomic mass is 10.1. The molecule has 0 fully saturated rings. The van der Waals surface area contributed by atoms with Crippen molar-refractivity contribution in [1.82, 2.24) is 10.2 Å². The Hall–Kier alpha value is -2.49. The smallest absolute Gasteiger partial charge is 0.243 e. The van der Waals surface area contributed by atoms with Crippen molar-refractivity contribution in [3.63, 3.8) is 0 Å². The summed E-state index contributed by atoms with van der Waals surface area (Å²) in [5.41, 5.74) is 0.940. The summed E-state index contributed by atoms with van der Waals surface area (Å²) in [6.07, 6.45) is 2.47. The molecule has 0 saturated heterocycles. The molecule has 0 aromatic heterocycles. The van der Waals surface area contributed by atoms with Crippen LogP contribution in [0.2, 0.25) is 10.0 Å². The van der Waals surface area contributed by atoms with Gasteiger partial charge in [-0.15, -0.1) is 0 Å². The van der Waals surface area contributed by atoms with E-state index in [0.29, 0.717) is 33.5 Å². The van der Waals surface area contributed by atoms with E-state index >= 15 is 0 Å². The van der Waals surface area contributed by atoms with Crippen molar-refractivity contribution in [2.45, 2.75) is 65.1 Å². The molecule has 0 radical (unpaired) electrons. The molecule has 0 aliphatic carbocycles. The second-order valence-corrected chi connectivity index (χ2v) is 11.8. The second-order valence-electron chi connectivity index (χ2n) is 9.07. The van der Waals surface area contributed by atoms with Gasteiger partial charge in [-0.3, -0.25) is 13.9 Å². The monoisotopic (exact) mass is 585 g/mol. The Balaban J connectivity index is 2.31. The van der Waals surface area contributed by atoms with Crippen LogP contribution in [0.1, 0.15) is 52.0 Å². The predicted octanol–water partition coefficient (Wildman–Crippen LogP) is 5.27. The maximum atomic E-state index is 13.6. The van der Waals surface area contributed by atoms with Crippen molar-refractivity contribution in [3.05, 3.63) is 58.1 Å². The van der Waals surface area contributed by atoms with E-state index in [0.717, 1.165) is 12.7 Å². The van der Waals surface area contributed by atoms with Gasteiger partial charge in [0.2, 0.25) is 21.8 Å². The van der Waals surface area contributed by atoms with Crippen LogP contribution < -0.4 is 14.4 Å². The minimum absolute atomic E-state index is 0.0103. The van der Waals surface area contributed by atoms with Crippen LogP contribution in [0.15, 0.2) is 42.5 Å². The number of ether oxygens (including phenoxy) is 1. The van der Waals surface area contributed by atoms with E-state index < -0.39 is 16.1 Å².